The largest absolute Gasteiger partial charge is 0.490 e. The summed E-state index contributed by atoms with van der Waals surface area (Å²) in [5.41, 5.74) is 2.26. The highest BCUT2D eigenvalue weighted by molar-refractivity contribution is 5.95. The van der Waals surface area contributed by atoms with E-state index in [1.165, 1.54) is 25.3 Å². The van der Waals surface area contributed by atoms with Crippen LogP contribution in [0.4, 0.5) is 5.69 Å². The van der Waals surface area contributed by atoms with Gasteiger partial charge in [-0.1, -0.05) is 29.8 Å². The fraction of sp³-hybridized carbons (Fsp3) is 0.381. The highest BCUT2D eigenvalue weighted by atomic mass is 16.6. The van der Waals surface area contributed by atoms with Crippen molar-refractivity contribution >= 4 is 11.6 Å². The summed E-state index contributed by atoms with van der Waals surface area (Å²) in [5.74, 6) is -0.237. The van der Waals surface area contributed by atoms with Crippen LogP contribution in [0.25, 0.3) is 0 Å². The zero-order chi connectivity index (χ0) is 20.8. The van der Waals surface area contributed by atoms with Crippen LogP contribution in [0.1, 0.15) is 27.5 Å². The summed E-state index contributed by atoms with van der Waals surface area (Å²) in [7, 11) is 1.36. The third kappa shape index (κ3) is 5.10. The van der Waals surface area contributed by atoms with E-state index in [0.29, 0.717) is 19.8 Å². The second-order valence-electron chi connectivity index (χ2n) is 6.93. The lowest BCUT2D eigenvalue weighted by Gasteiger charge is -2.35. The Balaban J connectivity index is 1.77. The maximum atomic E-state index is 12.7. The molecule has 8 heteroatoms. The minimum absolute atomic E-state index is 0.00372. The third-order valence-corrected chi connectivity index (χ3v) is 5.01. The number of rotatable bonds is 7. The van der Waals surface area contributed by atoms with Crippen LogP contribution >= 0.6 is 0 Å². The molecule has 0 aliphatic carbocycles. The van der Waals surface area contributed by atoms with Crippen molar-refractivity contribution in [1.29, 1.82) is 0 Å². The van der Waals surface area contributed by atoms with Crippen LogP contribution in [0.15, 0.2) is 42.5 Å². The first-order valence-electron chi connectivity index (χ1n) is 9.48. The molecule has 1 aliphatic rings. The summed E-state index contributed by atoms with van der Waals surface area (Å²) in [5, 5.41) is 14.2. The molecule has 0 radical (unpaired) electrons. The maximum Gasteiger partial charge on any atom is 0.311 e. The van der Waals surface area contributed by atoms with Crippen molar-refractivity contribution in [1.82, 2.24) is 10.2 Å². The highest BCUT2D eigenvalue weighted by Gasteiger charge is 2.24. The summed E-state index contributed by atoms with van der Waals surface area (Å²) in [6, 6.07) is 12.4. The van der Waals surface area contributed by atoms with Crippen LogP contribution in [0.2, 0.25) is 0 Å². The number of methoxy groups -OCH3 is 1. The first-order valence-corrected chi connectivity index (χ1v) is 9.48. The second-order valence-corrected chi connectivity index (χ2v) is 6.93. The smallest absolute Gasteiger partial charge is 0.311 e. The van der Waals surface area contributed by atoms with Crippen molar-refractivity contribution in [2.75, 3.05) is 40.0 Å². The van der Waals surface area contributed by atoms with Gasteiger partial charge < -0.3 is 14.8 Å². The predicted molar refractivity (Wildman–Crippen MR) is 108 cm³/mol. The lowest BCUT2D eigenvalue weighted by molar-refractivity contribution is -0.385. The molecule has 0 spiro atoms. The van der Waals surface area contributed by atoms with Gasteiger partial charge in [-0.2, -0.15) is 0 Å². The minimum Gasteiger partial charge on any atom is -0.490 e. The van der Waals surface area contributed by atoms with E-state index < -0.39 is 4.92 Å². The molecule has 29 heavy (non-hydrogen) atoms. The number of aryl methyl sites for hydroxylation is 1. The molecule has 1 fully saturated rings. The number of nitrogens with one attached hydrogen (secondary N) is 1. The zero-order valence-corrected chi connectivity index (χ0v) is 16.6. The van der Waals surface area contributed by atoms with E-state index in [1.807, 2.05) is 19.1 Å². The normalized spacial score (nSPS) is 15.5. The van der Waals surface area contributed by atoms with Crippen molar-refractivity contribution in [2.45, 2.75) is 13.0 Å². The molecule has 2 aromatic carbocycles. The summed E-state index contributed by atoms with van der Waals surface area (Å²) in [6.45, 7) is 5.30. The Morgan fingerprint density at radius 2 is 2.03 bits per heavy atom. The van der Waals surface area contributed by atoms with Gasteiger partial charge in [0.05, 0.1) is 31.3 Å². The van der Waals surface area contributed by atoms with E-state index in [4.69, 9.17) is 9.47 Å². The molecule has 1 aliphatic heterocycles. The number of nitro groups is 1. The molecule has 0 bridgehead atoms. The molecule has 1 amide bonds. The average molecular weight is 399 g/mol. The number of morpholine rings is 1. The van der Waals surface area contributed by atoms with Crippen LogP contribution in [0, 0.1) is 17.0 Å². The summed E-state index contributed by atoms with van der Waals surface area (Å²) in [4.78, 5) is 25.6. The van der Waals surface area contributed by atoms with Gasteiger partial charge in [0.2, 0.25) is 0 Å². The van der Waals surface area contributed by atoms with Gasteiger partial charge in [-0.05, 0) is 24.6 Å². The Hall–Kier alpha value is -2.97. The molecule has 8 nitrogen and oxygen atoms in total. The Morgan fingerprint density at radius 3 is 2.69 bits per heavy atom. The van der Waals surface area contributed by atoms with Crippen molar-refractivity contribution in [3.8, 4) is 5.75 Å². The Labute approximate surface area is 169 Å². The highest BCUT2D eigenvalue weighted by Crippen LogP contribution is 2.28. The van der Waals surface area contributed by atoms with E-state index in [9.17, 15) is 14.9 Å². The molecular formula is C21H25N3O5. The van der Waals surface area contributed by atoms with Gasteiger partial charge in [0.1, 0.15) is 0 Å². The maximum absolute atomic E-state index is 12.7. The Kier molecular flexibility index (Phi) is 6.79. The number of benzene rings is 2. The van der Waals surface area contributed by atoms with Crippen molar-refractivity contribution in [3.63, 3.8) is 0 Å². The van der Waals surface area contributed by atoms with E-state index in [0.717, 1.165) is 24.2 Å². The SMILES string of the molecule is COc1ccc(C(=O)NCC(c2cccc(C)c2)N2CCOCC2)cc1[N+](=O)[O-]. The minimum atomic E-state index is -0.557. The number of carbonyl (C=O) groups excluding carboxylic acids is 1. The van der Waals surface area contributed by atoms with Crippen LogP contribution in [-0.2, 0) is 4.74 Å². The molecule has 154 valence electrons. The number of amides is 1. The molecule has 1 saturated heterocycles. The van der Waals surface area contributed by atoms with E-state index in [-0.39, 0.29) is 28.9 Å². The average Bonchev–Trinajstić information content (AvgIpc) is 2.74. The van der Waals surface area contributed by atoms with Crippen molar-refractivity contribution in [2.24, 2.45) is 0 Å². The fourth-order valence-electron chi connectivity index (χ4n) is 3.49. The predicted octanol–water partition coefficient (Wildman–Crippen LogP) is 2.72. The van der Waals surface area contributed by atoms with Crippen molar-refractivity contribution in [3.05, 3.63) is 69.3 Å². The number of ether oxygens (including phenoxy) is 2. The molecular weight excluding hydrogens is 374 g/mol. The monoisotopic (exact) mass is 399 g/mol. The van der Waals surface area contributed by atoms with Gasteiger partial charge in [0.15, 0.2) is 5.75 Å². The van der Waals surface area contributed by atoms with E-state index in [1.54, 1.807) is 0 Å². The number of hydrogen-bond donors (Lipinski definition) is 1. The quantitative estimate of drug-likeness (QED) is 0.568. The first-order chi connectivity index (χ1) is 14.0. The van der Waals surface area contributed by atoms with E-state index >= 15 is 0 Å². The molecule has 1 heterocycles. The summed E-state index contributed by atoms with van der Waals surface area (Å²) >= 11 is 0. The number of hydrogen-bond acceptors (Lipinski definition) is 6. The van der Waals surface area contributed by atoms with Gasteiger partial charge in [-0.25, -0.2) is 0 Å². The van der Waals surface area contributed by atoms with Gasteiger partial charge in [-0.15, -0.1) is 0 Å². The second kappa shape index (κ2) is 9.49. The Morgan fingerprint density at radius 1 is 1.28 bits per heavy atom. The topological polar surface area (TPSA) is 93.9 Å². The molecule has 0 aromatic heterocycles. The van der Waals surface area contributed by atoms with Gasteiger partial charge in [0.25, 0.3) is 5.91 Å². The summed E-state index contributed by atoms with van der Waals surface area (Å²) in [6.07, 6.45) is 0. The number of nitrogens with zero attached hydrogens (tertiary/aromatic N) is 2. The standard InChI is InChI=1S/C21H25N3O5/c1-15-4-3-5-16(12-15)19(23-8-10-29-11-9-23)14-22-21(25)17-6-7-20(28-2)18(13-17)24(26)27/h3-7,12-13,19H,8-11,14H2,1-2H3,(H,22,25). The summed E-state index contributed by atoms with van der Waals surface area (Å²) < 4.78 is 10.5. The number of nitro benzene ring substituents is 1. The molecule has 3 rings (SSSR count). The number of carbonyl (C=O) groups is 1. The van der Waals surface area contributed by atoms with Gasteiger partial charge in [-0.3, -0.25) is 19.8 Å². The van der Waals surface area contributed by atoms with Gasteiger partial charge >= 0.3 is 5.69 Å². The fourth-order valence-corrected chi connectivity index (χ4v) is 3.49. The van der Waals surface area contributed by atoms with Crippen molar-refractivity contribution < 1.29 is 19.2 Å². The van der Waals surface area contributed by atoms with Crippen LogP contribution in [-0.4, -0.2) is 55.7 Å². The molecule has 2 aromatic rings. The molecule has 1 N–H and O–H groups in total. The zero-order valence-electron chi connectivity index (χ0n) is 16.6. The lowest BCUT2D eigenvalue weighted by Crippen LogP contribution is -2.43. The molecule has 0 saturated carbocycles. The first kappa shape index (κ1) is 20.8. The van der Waals surface area contributed by atoms with E-state index in [2.05, 4.69) is 22.3 Å². The molecule has 1 atom stereocenters. The lowest BCUT2D eigenvalue weighted by atomic mass is 10.0. The van der Waals surface area contributed by atoms with Crippen LogP contribution < -0.4 is 10.1 Å². The third-order valence-electron chi connectivity index (χ3n) is 5.01. The van der Waals surface area contributed by atoms with Crippen LogP contribution in [0.3, 0.4) is 0 Å². The van der Waals surface area contributed by atoms with Gasteiger partial charge in [0, 0.05) is 31.3 Å². The molecule has 1 unspecified atom stereocenters. The Bertz CT molecular complexity index is 880. The van der Waals surface area contributed by atoms with Crippen LogP contribution in [0.5, 0.6) is 5.75 Å².